The van der Waals surface area contributed by atoms with Gasteiger partial charge < -0.3 is 11.1 Å². The van der Waals surface area contributed by atoms with Crippen molar-refractivity contribution in [2.45, 2.75) is 12.7 Å². The number of alkyl halides is 3. The summed E-state index contributed by atoms with van der Waals surface area (Å²) in [7, 11) is 0. The van der Waals surface area contributed by atoms with E-state index in [2.05, 4.69) is 5.32 Å². The summed E-state index contributed by atoms with van der Waals surface area (Å²) in [6.07, 6.45) is -4.52. The number of hydrogen-bond donors (Lipinski definition) is 2. The molecule has 0 radical (unpaired) electrons. The van der Waals surface area contributed by atoms with E-state index in [9.17, 15) is 13.2 Å². The molecule has 20 heavy (non-hydrogen) atoms. The third-order valence-electron chi connectivity index (χ3n) is 2.67. The first kappa shape index (κ1) is 14.2. The van der Waals surface area contributed by atoms with Gasteiger partial charge in [0.05, 0.1) is 23.7 Å². The van der Waals surface area contributed by atoms with E-state index in [0.29, 0.717) is 5.69 Å². The average molecular weight is 297 g/mol. The first-order chi connectivity index (χ1) is 9.41. The average Bonchev–Trinajstić information content (AvgIpc) is 2.80. The van der Waals surface area contributed by atoms with Gasteiger partial charge in [0, 0.05) is 16.3 Å². The van der Waals surface area contributed by atoms with Crippen LogP contribution in [0.3, 0.4) is 0 Å². The first-order valence-corrected chi connectivity index (χ1v) is 6.47. The molecule has 0 aliphatic rings. The van der Waals surface area contributed by atoms with Crippen molar-refractivity contribution in [1.29, 1.82) is 5.26 Å². The molecule has 0 spiro atoms. The molecule has 1 aromatic heterocycles. The highest BCUT2D eigenvalue weighted by molar-refractivity contribution is 7.10. The Morgan fingerprint density at radius 2 is 2.05 bits per heavy atom. The molecule has 2 rings (SSSR count). The number of nitrogens with one attached hydrogen (secondary N) is 1. The van der Waals surface area contributed by atoms with Crippen LogP contribution < -0.4 is 11.1 Å². The van der Waals surface area contributed by atoms with Crippen molar-refractivity contribution in [3.63, 3.8) is 0 Å². The predicted molar refractivity (Wildman–Crippen MR) is 72.2 cm³/mol. The fraction of sp³-hybridized carbons (Fsp3) is 0.154. The number of nitrogens with zero attached hydrogens (tertiary/aromatic N) is 1. The predicted octanol–water partition coefficient (Wildman–Crippen LogP) is 3.83. The number of nitriles is 1. The number of hydrogen-bond acceptors (Lipinski definition) is 4. The lowest BCUT2D eigenvalue weighted by Crippen LogP contribution is -2.11. The van der Waals surface area contributed by atoms with Crippen LogP contribution in [-0.4, -0.2) is 0 Å². The van der Waals surface area contributed by atoms with Crippen molar-refractivity contribution in [3.05, 3.63) is 45.6 Å². The second-order valence-electron chi connectivity index (χ2n) is 4.02. The van der Waals surface area contributed by atoms with Crippen LogP contribution in [0.2, 0.25) is 0 Å². The lowest BCUT2D eigenvalue weighted by atomic mass is 10.1. The van der Waals surface area contributed by atoms with Gasteiger partial charge in [0.2, 0.25) is 0 Å². The molecule has 104 valence electrons. The molecule has 1 aromatic carbocycles. The topological polar surface area (TPSA) is 61.8 Å². The van der Waals surface area contributed by atoms with Crippen LogP contribution in [0, 0.1) is 11.3 Å². The van der Waals surface area contributed by atoms with Crippen molar-refractivity contribution in [2.24, 2.45) is 0 Å². The van der Waals surface area contributed by atoms with Gasteiger partial charge in [-0.05, 0) is 29.6 Å². The molecule has 0 amide bonds. The first-order valence-electron chi connectivity index (χ1n) is 5.59. The fourth-order valence-corrected chi connectivity index (χ4v) is 2.41. The summed E-state index contributed by atoms with van der Waals surface area (Å²) >= 11 is 1.37. The highest BCUT2D eigenvalue weighted by atomic mass is 32.1. The molecule has 0 atom stereocenters. The summed E-state index contributed by atoms with van der Waals surface area (Å²) in [5.74, 6) is 0. The van der Waals surface area contributed by atoms with Gasteiger partial charge in [0.1, 0.15) is 0 Å². The van der Waals surface area contributed by atoms with E-state index >= 15 is 0 Å². The largest absolute Gasteiger partial charge is 0.418 e. The van der Waals surface area contributed by atoms with Crippen molar-refractivity contribution in [1.82, 2.24) is 0 Å². The number of nitrogens with two attached hydrogens (primary N) is 1. The molecule has 0 unspecified atom stereocenters. The molecule has 2 aromatic rings. The second kappa shape index (κ2) is 5.43. The molecule has 0 fully saturated rings. The van der Waals surface area contributed by atoms with Crippen LogP contribution >= 0.6 is 11.3 Å². The van der Waals surface area contributed by atoms with E-state index in [-0.39, 0.29) is 17.8 Å². The smallest absolute Gasteiger partial charge is 0.398 e. The summed E-state index contributed by atoms with van der Waals surface area (Å²) in [5.41, 5.74) is 5.28. The minimum Gasteiger partial charge on any atom is -0.398 e. The normalized spacial score (nSPS) is 11.1. The zero-order valence-electron chi connectivity index (χ0n) is 10.2. The van der Waals surface area contributed by atoms with Crippen molar-refractivity contribution >= 4 is 22.7 Å². The van der Waals surface area contributed by atoms with Gasteiger partial charge in [-0.25, -0.2) is 0 Å². The molecule has 3 nitrogen and oxygen atoms in total. The molecular formula is C13H10F3N3S. The minimum absolute atomic E-state index is 0.0292. The van der Waals surface area contributed by atoms with Crippen molar-refractivity contribution < 1.29 is 13.2 Å². The summed E-state index contributed by atoms with van der Waals surface area (Å²) in [6.45, 7) is 0.207. The molecule has 0 aliphatic carbocycles. The molecule has 0 aliphatic heterocycles. The van der Waals surface area contributed by atoms with E-state index < -0.39 is 11.7 Å². The quantitative estimate of drug-likeness (QED) is 0.905. The van der Waals surface area contributed by atoms with Gasteiger partial charge in [-0.3, -0.25) is 0 Å². The number of anilines is 2. The molecule has 7 heteroatoms. The Labute approximate surface area is 117 Å². The number of thiophene rings is 1. The Morgan fingerprint density at radius 3 is 2.60 bits per heavy atom. The van der Waals surface area contributed by atoms with Crippen LogP contribution in [0.5, 0.6) is 0 Å². The monoisotopic (exact) mass is 297 g/mol. The fourth-order valence-electron chi connectivity index (χ4n) is 1.67. The van der Waals surface area contributed by atoms with Crippen LogP contribution in [-0.2, 0) is 12.7 Å². The standard InChI is InChI=1S/C13H10F3N3S/c14-13(15,16)9-5-8(6-17)1-2-11(9)19-7-12-10(18)3-4-20-12/h1-5,19H,7,18H2. The number of rotatable bonds is 3. The highest BCUT2D eigenvalue weighted by Crippen LogP contribution is 2.36. The molecule has 0 bridgehead atoms. The SMILES string of the molecule is N#Cc1ccc(NCc2sccc2N)c(C(F)(F)F)c1. The van der Waals surface area contributed by atoms with E-state index in [1.54, 1.807) is 17.5 Å². The van der Waals surface area contributed by atoms with Gasteiger partial charge in [-0.1, -0.05) is 0 Å². The Bertz CT molecular complexity index is 656. The lowest BCUT2D eigenvalue weighted by Gasteiger charge is -2.14. The Kier molecular flexibility index (Phi) is 3.86. The van der Waals surface area contributed by atoms with E-state index in [1.165, 1.54) is 23.5 Å². The molecule has 1 heterocycles. The lowest BCUT2D eigenvalue weighted by molar-refractivity contribution is -0.137. The summed E-state index contributed by atoms with van der Waals surface area (Å²) in [4.78, 5) is 0.766. The molecule has 3 N–H and O–H groups in total. The molecule has 0 saturated heterocycles. The van der Waals surface area contributed by atoms with Crippen LogP contribution in [0.1, 0.15) is 16.0 Å². The summed E-state index contributed by atoms with van der Waals surface area (Å²) in [6, 6.07) is 6.83. The van der Waals surface area contributed by atoms with Gasteiger partial charge >= 0.3 is 6.18 Å². The highest BCUT2D eigenvalue weighted by Gasteiger charge is 2.33. The van der Waals surface area contributed by atoms with Crippen molar-refractivity contribution in [2.75, 3.05) is 11.1 Å². The third kappa shape index (κ3) is 3.03. The van der Waals surface area contributed by atoms with Crippen molar-refractivity contribution in [3.8, 4) is 6.07 Å². The second-order valence-corrected chi connectivity index (χ2v) is 5.02. The molecule has 0 saturated carbocycles. The maximum absolute atomic E-state index is 12.9. The van der Waals surface area contributed by atoms with Crippen LogP contribution in [0.15, 0.2) is 29.6 Å². The van der Waals surface area contributed by atoms with Gasteiger partial charge in [-0.15, -0.1) is 11.3 Å². The van der Waals surface area contributed by atoms with E-state index in [1.807, 2.05) is 0 Å². The maximum Gasteiger partial charge on any atom is 0.418 e. The van der Waals surface area contributed by atoms with E-state index in [0.717, 1.165) is 10.9 Å². The number of benzene rings is 1. The van der Waals surface area contributed by atoms with Crippen LogP contribution in [0.25, 0.3) is 0 Å². The Balaban J connectivity index is 2.28. The Hall–Kier alpha value is -2.20. The van der Waals surface area contributed by atoms with E-state index in [4.69, 9.17) is 11.0 Å². The summed E-state index contributed by atoms with van der Waals surface area (Å²) < 4.78 is 38.8. The van der Waals surface area contributed by atoms with Gasteiger partial charge in [-0.2, -0.15) is 18.4 Å². The summed E-state index contributed by atoms with van der Waals surface area (Å²) in [5, 5.41) is 13.2. The molecular weight excluding hydrogens is 287 g/mol. The number of nitrogen functional groups attached to an aromatic ring is 1. The maximum atomic E-state index is 12.9. The van der Waals surface area contributed by atoms with Gasteiger partial charge in [0.25, 0.3) is 0 Å². The Morgan fingerprint density at radius 1 is 1.30 bits per heavy atom. The minimum atomic E-state index is -4.52. The number of halogens is 3. The zero-order chi connectivity index (χ0) is 14.8. The van der Waals surface area contributed by atoms with Gasteiger partial charge in [0.15, 0.2) is 0 Å². The third-order valence-corrected chi connectivity index (χ3v) is 3.61. The van der Waals surface area contributed by atoms with Crippen LogP contribution in [0.4, 0.5) is 24.5 Å². The zero-order valence-corrected chi connectivity index (χ0v) is 11.0.